The zero-order valence-electron chi connectivity index (χ0n) is 16.8. The van der Waals surface area contributed by atoms with Crippen molar-refractivity contribution in [2.24, 2.45) is 5.92 Å². The molecular weight excluding hydrogens is 364 g/mol. The molecule has 28 heavy (non-hydrogen) atoms. The van der Waals surface area contributed by atoms with E-state index in [0.717, 1.165) is 11.3 Å². The maximum absolute atomic E-state index is 12.2. The highest BCUT2D eigenvalue weighted by atomic mass is 16.5. The van der Waals surface area contributed by atoms with Gasteiger partial charge in [0.05, 0.1) is 23.9 Å². The number of ether oxygens (including phenoxy) is 3. The van der Waals surface area contributed by atoms with Crippen LogP contribution in [-0.4, -0.2) is 37.3 Å². The summed E-state index contributed by atoms with van der Waals surface area (Å²) in [6.07, 6.45) is 0. The molecule has 8 nitrogen and oxygen atoms in total. The number of rotatable bonds is 9. The van der Waals surface area contributed by atoms with Crippen LogP contribution in [0.5, 0.6) is 11.5 Å². The van der Waals surface area contributed by atoms with Crippen LogP contribution >= 0.6 is 0 Å². The average molecular weight is 390 g/mol. The second kappa shape index (κ2) is 9.77. The first kappa shape index (κ1) is 21.3. The van der Waals surface area contributed by atoms with E-state index in [0.29, 0.717) is 29.7 Å². The smallest absolute Gasteiger partial charge is 0.338 e. The van der Waals surface area contributed by atoms with E-state index in [1.54, 1.807) is 12.1 Å². The van der Waals surface area contributed by atoms with Gasteiger partial charge in [0.15, 0.2) is 18.1 Å². The van der Waals surface area contributed by atoms with E-state index in [1.165, 1.54) is 13.2 Å². The van der Waals surface area contributed by atoms with Crippen molar-refractivity contribution in [1.82, 2.24) is 10.5 Å². The predicted octanol–water partition coefficient (Wildman–Crippen LogP) is 2.81. The fourth-order valence-corrected chi connectivity index (χ4v) is 2.36. The largest absolute Gasteiger partial charge is 0.493 e. The molecule has 0 aliphatic carbocycles. The number of amides is 1. The molecule has 1 amide bonds. The van der Waals surface area contributed by atoms with Gasteiger partial charge in [-0.3, -0.25) is 4.79 Å². The highest BCUT2D eigenvalue weighted by Gasteiger charge is 2.16. The summed E-state index contributed by atoms with van der Waals surface area (Å²) in [6.45, 7) is 8.06. The van der Waals surface area contributed by atoms with Crippen molar-refractivity contribution in [3.63, 3.8) is 0 Å². The van der Waals surface area contributed by atoms with E-state index < -0.39 is 5.97 Å². The topological polar surface area (TPSA) is 99.9 Å². The summed E-state index contributed by atoms with van der Waals surface area (Å²) in [7, 11) is 1.48. The van der Waals surface area contributed by atoms with Gasteiger partial charge in [0.25, 0.3) is 5.91 Å². The Bertz CT molecular complexity index is 809. The van der Waals surface area contributed by atoms with Crippen molar-refractivity contribution in [1.29, 1.82) is 0 Å². The number of nitrogens with one attached hydrogen (secondary N) is 1. The fourth-order valence-electron chi connectivity index (χ4n) is 2.36. The maximum Gasteiger partial charge on any atom is 0.338 e. The van der Waals surface area contributed by atoms with E-state index in [1.807, 2.05) is 27.7 Å². The van der Waals surface area contributed by atoms with Crippen LogP contribution in [0.25, 0.3) is 0 Å². The number of hydrogen-bond donors (Lipinski definition) is 1. The van der Waals surface area contributed by atoms with E-state index >= 15 is 0 Å². The summed E-state index contributed by atoms with van der Waals surface area (Å²) in [5.41, 5.74) is 1.88. The molecule has 1 N–H and O–H groups in total. The number of carbonyl (C=O) groups is 2. The van der Waals surface area contributed by atoms with Crippen LogP contribution in [0, 0.1) is 19.8 Å². The number of carbonyl (C=O) groups excluding carboxylic acids is 2. The lowest BCUT2D eigenvalue weighted by Crippen LogP contribution is -2.31. The number of methoxy groups -OCH3 is 1. The normalized spacial score (nSPS) is 10.6. The quantitative estimate of drug-likeness (QED) is 0.657. The molecule has 0 spiro atoms. The third kappa shape index (κ3) is 5.73. The van der Waals surface area contributed by atoms with Gasteiger partial charge in [0.2, 0.25) is 0 Å². The van der Waals surface area contributed by atoms with Crippen molar-refractivity contribution >= 4 is 11.9 Å². The summed E-state index contributed by atoms with van der Waals surface area (Å²) >= 11 is 0. The molecule has 0 fully saturated rings. The summed E-state index contributed by atoms with van der Waals surface area (Å²) in [6, 6.07) is 4.68. The lowest BCUT2D eigenvalue weighted by Gasteiger charge is -2.12. The summed E-state index contributed by atoms with van der Waals surface area (Å²) in [5.74, 6) is 0.900. The molecule has 2 rings (SSSR count). The molecule has 2 aromatic rings. The van der Waals surface area contributed by atoms with E-state index in [9.17, 15) is 9.59 Å². The van der Waals surface area contributed by atoms with Crippen LogP contribution in [0.1, 0.15) is 41.2 Å². The second-order valence-corrected chi connectivity index (χ2v) is 6.73. The lowest BCUT2D eigenvalue weighted by atomic mass is 10.2. The van der Waals surface area contributed by atoms with Crippen LogP contribution in [0.15, 0.2) is 22.7 Å². The van der Waals surface area contributed by atoms with Gasteiger partial charge in [0.1, 0.15) is 12.4 Å². The number of benzene rings is 1. The Kier molecular flexibility index (Phi) is 7.43. The minimum Gasteiger partial charge on any atom is -0.493 e. The molecule has 8 heteroatoms. The standard InChI is InChI=1S/C20H26N2O6/c1-12(2)9-21-19(23)11-27-20(24)15-6-7-17(18(8-15)25-5)26-10-16-13(3)22-28-14(16)4/h6-8,12H,9-11H2,1-5H3,(H,21,23). The number of aromatic nitrogens is 1. The summed E-state index contributed by atoms with van der Waals surface area (Å²) in [4.78, 5) is 23.8. The van der Waals surface area contributed by atoms with E-state index in [2.05, 4.69) is 10.5 Å². The first-order valence-corrected chi connectivity index (χ1v) is 8.98. The van der Waals surface area contributed by atoms with Gasteiger partial charge in [-0.1, -0.05) is 19.0 Å². The van der Waals surface area contributed by atoms with Gasteiger partial charge in [-0.15, -0.1) is 0 Å². The molecule has 152 valence electrons. The molecule has 0 radical (unpaired) electrons. The Morgan fingerprint density at radius 1 is 1.21 bits per heavy atom. The maximum atomic E-state index is 12.2. The highest BCUT2D eigenvalue weighted by molar-refractivity contribution is 5.92. The van der Waals surface area contributed by atoms with Crippen molar-refractivity contribution in [3.8, 4) is 11.5 Å². The van der Waals surface area contributed by atoms with Crippen LogP contribution in [0.4, 0.5) is 0 Å². The Balaban J connectivity index is 1.97. The third-order valence-corrected chi connectivity index (χ3v) is 3.99. The van der Waals surface area contributed by atoms with Crippen molar-refractivity contribution in [2.75, 3.05) is 20.3 Å². The van der Waals surface area contributed by atoms with Gasteiger partial charge < -0.3 is 24.1 Å². The predicted molar refractivity (Wildman–Crippen MR) is 101 cm³/mol. The van der Waals surface area contributed by atoms with Crippen LogP contribution in [0.3, 0.4) is 0 Å². The molecule has 1 aromatic carbocycles. The molecule has 0 atom stereocenters. The summed E-state index contributed by atoms with van der Waals surface area (Å²) in [5, 5.41) is 6.57. The fraction of sp³-hybridized carbons (Fsp3) is 0.450. The van der Waals surface area contributed by atoms with Gasteiger partial charge in [-0.25, -0.2) is 4.79 Å². The Labute approximate surface area is 164 Å². The first-order valence-electron chi connectivity index (χ1n) is 8.98. The molecule has 1 heterocycles. The molecule has 0 aliphatic rings. The molecule has 0 aliphatic heterocycles. The minimum atomic E-state index is -0.615. The zero-order chi connectivity index (χ0) is 20.7. The number of nitrogens with zero attached hydrogens (tertiary/aromatic N) is 1. The Morgan fingerprint density at radius 3 is 2.57 bits per heavy atom. The Hall–Kier alpha value is -3.03. The molecule has 0 bridgehead atoms. The van der Waals surface area contributed by atoms with Crippen molar-refractivity contribution in [3.05, 3.63) is 40.8 Å². The minimum absolute atomic E-state index is 0.261. The van der Waals surface area contributed by atoms with E-state index in [4.69, 9.17) is 18.7 Å². The zero-order valence-corrected chi connectivity index (χ0v) is 16.8. The van der Waals surface area contributed by atoms with Gasteiger partial charge in [-0.2, -0.15) is 0 Å². The monoisotopic (exact) mass is 390 g/mol. The molecule has 1 aromatic heterocycles. The van der Waals surface area contributed by atoms with Crippen LogP contribution < -0.4 is 14.8 Å². The number of esters is 1. The van der Waals surface area contributed by atoms with Crippen LogP contribution in [-0.2, 0) is 16.1 Å². The van der Waals surface area contributed by atoms with Crippen molar-refractivity contribution < 1.29 is 28.3 Å². The average Bonchev–Trinajstić information content (AvgIpc) is 3.00. The van der Waals surface area contributed by atoms with Crippen LogP contribution in [0.2, 0.25) is 0 Å². The number of hydrogen-bond acceptors (Lipinski definition) is 7. The molecule has 0 saturated heterocycles. The first-order chi connectivity index (χ1) is 13.3. The molecule has 0 unspecified atom stereocenters. The molecule has 0 saturated carbocycles. The highest BCUT2D eigenvalue weighted by Crippen LogP contribution is 2.29. The van der Waals surface area contributed by atoms with Crippen molar-refractivity contribution in [2.45, 2.75) is 34.3 Å². The lowest BCUT2D eigenvalue weighted by molar-refractivity contribution is -0.124. The Morgan fingerprint density at radius 2 is 1.96 bits per heavy atom. The SMILES string of the molecule is COc1cc(C(=O)OCC(=O)NCC(C)C)ccc1OCc1c(C)noc1C. The summed E-state index contributed by atoms with van der Waals surface area (Å²) < 4.78 is 21.2. The third-order valence-electron chi connectivity index (χ3n) is 3.99. The second-order valence-electron chi connectivity index (χ2n) is 6.73. The van der Waals surface area contributed by atoms with Gasteiger partial charge in [-0.05, 0) is 38.0 Å². The number of aryl methyl sites for hydroxylation is 2. The van der Waals surface area contributed by atoms with Gasteiger partial charge in [0, 0.05) is 6.54 Å². The van der Waals surface area contributed by atoms with Gasteiger partial charge >= 0.3 is 5.97 Å². The van der Waals surface area contributed by atoms with E-state index in [-0.39, 0.29) is 24.7 Å². The molecular formula is C20H26N2O6.